The Kier molecular flexibility index (Phi) is 5.49. The van der Waals surface area contributed by atoms with Crippen molar-refractivity contribution in [3.05, 3.63) is 34.8 Å². The van der Waals surface area contributed by atoms with Crippen molar-refractivity contribution in [2.45, 2.75) is 31.9 Å². The average Bonchev–Trinajstić information content (AvgIpc) is 3.23. The first-order valence-corrected chi connectivity index (χ1v) is 8.26. The molecule has 1 atom stereocenters. The van der Waals surface area contributed by atoms with Gasteiger partial charge >= 0.3 is 11.7 Å². The van der Waals surface area contributed by atoms with E-state index in [1.54, 1.807) is 24.3 Å². The molecule has 134 valence electrons. The summed E-state index contributed by atoms with van der Waals surface area (Å²) < 4.78 is 16.8. The number of aromatic nitrogens is 1. The number of hydrogen-bond acceptors (Lipinski definition) is 6. The van der Waals surface area contributed by atoms with Gasteiger partial charge in [-0.2, -0.15) is 0 Å². The van der Waals surface area contributed by atoms with Gasteiger partial charge in [0.2, 0.25) is 0 Å². The zero-order valence-corrected chi connectivity index (χ0v) is 13.7. The highest BCUT2D eigenvalue weighted by Crippen LogP contribution is 2.12. The number of rotatable bonds is 7. The normalized spacial score (nSPS) is 16.9. The molecule has 8 heteroatoms. The molecule has 0 radical (unpaired) electrons. The summed E-state index contributed by atoms with van der Waals surface area (Å²) in [6, 6.07) is 6.97. The Balaban J connectivity index is 1.42. The monoisotopic (exact) mass is 348 g/mol. The molecule has 2 aromatic rings. The van der Waals surface area contributed by atoms with E-state index in [1.165, 1.54) is 4.57 Å². The van der Waals surface area contributed by atoms with Crippen molar-refractivity contribution in [1.82, 2.24) is 9.88 Å². The predicted octanol–water partition coefficient (Wildman–Crippen LogP) is 0.823. The first-order chi connectivity index (χ1) is 12.1. The number of para-hydroxylation sites is 2. The number of nitrogens with zero attached hydrogens (tertiary/aromatic N) is 1. The van der Waals surface area contributed by atoms with Gasteiger partial charge < -0.3 is 19.2 Å². The first kappa shape index (κ1) is 17.2. The van der Waals surface area contributed by atoms with E-state index in [2.05, 4.69) is 5.32 Å². The average molecular weight is 348 g/mol. The summed E-state index contributed by atoms with van der Waals surface area (Å²) in [7, 11) is 0. The first-order valence-electron chi connectivity index (χ1n) is 8.26. The summed E-state index contributed by atoms with van der Waals surface area (Å²) >= 11 is 0. The smallest absolute Gasteiger partial charge is 0.419 e. The second-order valence-corrected chi connectivity index (χ2v) is 5.84. The van der Waals surface area contributed by atoms with E-state index in [4.69, 9.17) is 13.9 Å². The summed E-state index contributed by atoms with van der Waals surface area (Å²) in [6.07, 6.45) is 1.94. The molecular weight excluding hydrogens is 328 g/mol. The number of nitrogens with one attached hydrogen (secondary N) is 1. The van der Waals surface area contributed by atoms with Crippen LogP contribution < -0.4 is 11.1 Å². The Morgan fingerprint density at radius 3 is 2.96 bits per heavy atom. The van der Waals surface area contributed by atoms with Gasteiger partial charge in [0.15, 0.2) is 12.2 Å². The van der Waals surface area contributed by atoms with Gasteiger partial charge in [-0.15, -0.1) is 0 Å². The second-order valence-electron chi connectivity index (χ2n) is 5.84. The van der Waals surface area contributed by atoms with Crippen molar-refractivity contribution >= 4 is 23.0 Å². The van der Waals surface area contributed by atoms with Crippen LogP contribution in [0.4, 0.5) is 0 Å². The molecule has 2 heterocycles. The highest BCUT2D eigenvalue weighted by Gasteiger charge is 2.17. The van der Waals surface area contributed by atoms with Gasteiger partial charge in [0.05, 0.1) is 18.0 Å². The highest BCUT2D eigenvalue weighted by molar-refractivity contribution is 5.80. The van der Waals surface area contributed by atoms with E-state index >= 15 is 0 Å². The molecule has 0 saturated carbocycles. The van der Waals surface area contributed by atoms with Crippen LogP contribution in [0.15, 0.2) is 33.5 Å². The molecule has 1 fully saturated rings. The third-order valence-electron chi connectivity index (χ3n) is 4.03. The largest absolute Gasteiger partial charge is 0.456 e. The van der Waals surface area contributed by atoms with Crippen LogP contribution in [0.1, 0.15) is 19.3 Å². The number of benzene rings is 1. The van der Waals surface area contributed by atoms with E-state index in [0.29, 0.717) is 17.6 Å². The van der Waals surface area contributed by atoms with Crippen molar-refractivity contribution in [3.8, 4) is 0 Å². The fourth-order valence-electron chi connectivity index (χ4n) is 2.73. The molecular formula is C17H20N2O6. The molecule has 0 aliphatic carbocycles. The molecule has 8 nitrogen and oxygen atoms in total. The Hall–Kier alpha value is -2.61. The quantitative estimate of drug-likeness (QED) is 0.744. The number of ether oxygens (including phenoxy) is 2. The molecule has 1 N–H and O–H groups in total. The topological polar surface area (TPSA) is 99.8 Å². The number of carbonyl (C=O) groups is 2. The Morgan fingerprint density at radius 2 is 2.16 bits per heavy atom. The standard InChI is InChI=1S/C17H20N2O6/c20-15(18-10-12-4-3-9-23-12)11-24-16(21)7-8-19-13-5-1-2-6-14(13)25-17(19)22/h1-2,5-6,12H,3-4,7-11H2,(H,18,20)/t12-/m1/s1. The van der Waals surface area contributed by atoms with Crippen molar-refractivity contribution in [2.24, 2.45) is 0 Å². The SMILES string of the molecule is O=C(COC(=O)CCn1c(=O)oc2ccccc21)NC[C@H]1CCCO1. The minimum absolute atomic E-state index is 0.0253. The molecule has 0 unspecified atom stereocenters. The second kappa shape index (κ2) is 7.98. The van der Waals surface area contributed by atoms with Crippen molar-refractivity contribution < 1.29 is 23.5 Å². The zero-order valence-electron chi connectivity index (χ0n) is 13.7. The lowest BCUT2D eigenvalue weighted by Gasteiger charge is -2.11. The van der Waals surface area contributed by atoms with Crippen LogP contribution >= 0.6 is 0 Å². The molecule has 1 aliphatic rings. The van der Waals surface area contributed by atoms with Crippen LogP contribution in [-0.4, -0.2) is 42.3 Å². The molecule has 3 rings (SSSR count). The van der Waals surface area contributed by atoms with E-state index in [9.17, 15) is 14.4 Å². The molecule has 1 aliphatic heterocycles. The summed E-state index contributed by atoms with van der Waals surface area (Å²) in [6.45, 7) is 0.934. The van der Waals surface area contributed by atoms with Gasteiger partial charge in [-0.25, -0.2) is 4.79 Å². The number of hydrogen-bond donors (Lipinski definition) is 1. The molecule has 1 aromatic heterocycles. The van der Waals surface area contributed by atoms with Crippen LogP contribution in [0.2, 0.25) is 0 Å². The molecule has 0 bridgehead atoms. The molecule has 1 saturated heterocycles. The van der Waals surface area contributed by atoms with Gasteiger partial charge in [0, 0.05) is 19.7 Å². The van der Waals surface area contributed by atoms with Crippen molar-refractivity contribution in [2.75, 3.05) is 19.8 Å². The van der Waals surface area contributed by atoms with E-state index < -0.39 is 11.7 Å². The predicted molar refractivity (Wildman–Crippen MR) is 88.0 cm³/mol. The van der Waals surface area contributed by atoms with E-state index in [1.807, 2.05) is 0 Å². The maximum Gasteiger partial charge on any atom is 0.419 e. The minimum atomic E-state index is -0.551. The number of amides is 1. The number of esters is 1. The van der Waals surface area contributed by atoms with Crippen LogP contribution in [0.3, 0.4) is 0 Å². The van der Waals surface area contributed by atoms with Crippen LogP contribution in [0.25, 0.3) is 11.1 Å². The molecule has 25 heavy (non-hydrogen) atoms. The van der Waals surface area contributed by atoms with Gasteiger partial charge in [-0.05, 0) is 25.0 Å². The third-order valence-corrected chi connectivity index (χ3v) is 4.03. The Labute approximate surface area is 143 Å². The van der Waals surface area contributed by atoms with Gasteiger partial charge in [-0.1, -0.05) is 12.1 Å². The van der Waals surface area contributed by atoms with Gasteiger partial charge in [-0.3, -0.25) is 14.2 Å². The van der Waals surface area contributed by atoms with Crippen molar-refractivity contribution in [3.63, 3.8) is 0 Å². The lowest BCUT2D eigenvalue weighted by Crippen LogP contribution is -2.34. The number of carbonyl (C=O) groups excluding carboxylic acids is 2. The fourth-order valence-corrected chi connectivity index (χ4v) is 2.73. The Bertz CT molecular complexity index is 803. The summed E-state index contributed by atoms with van der Waals surface area (Å²) in [5, 5.41) is 2.67. The van der Waals surface area contributed by atoms with Crippen LogP contribution in [-0.2, 0) is 25.6 Å². The van der Waals surface area contributed by atoms with Crippen LogP contribution in [0.5, 0.6) is 0 Å². The van der Waals surface area contributed by atoms with E-state index in [-0.39, 0.29) is 31.6 Å². The number of aryl methyl sites for hydroxylation is 1. The zero-order chi connectivity index (χ0) is 17.6. The minimum Gasteiger partial charge on any atom is -0.456 e. The van der Waals surface area contributed by atoms with Gasteiger partial charge in [0.25, 0.3) is 5.91 Å². The lowest BCUT2D eigenvalue weighted by atomic mass is 10.2. The maximum atomic E-state index is 11.8. The lowest BCUT2D eigenvalue weighted by molar-refractivity contribution is -0.148. The van der Waals surface area contributed by atoms with E-state index in [0.717, 1.165) is 19.4 Å². The summed E-state index contributed by atoms with van der Waals surface area (Å²) in [4.78, 5) is 35.2. The molecule has 1 amide bonds. The van der Waals surface area contributed by atoms with Crippen LogP contribution in [0, 0.1) is 0 Å². The summed E-state index contributed by atoms with van der Waals surface area (Å²) in [5.74, 6) is -1.44. The fraction of sp³-hybridized carbons (Fsp3) is 0.471. The van der Waals surface area contributed by atoms with Crippen molar-refractivity contribution in [1.29, 1.82) is 0 Å². The maximum absolute atomic E-state index is 11.8. The molecule has 0 spiro atoms. The van der Waals surface area contributed by atoms with Gasteiger partial charge in [0.1, 0.15) is 0 Å². The third kappa shape index (κ3) is 4.48. The Morgan fingerprint density at radius 1 is 1.32 bits per heavy atom. The number of fused-ring (bicyclic) bond motifs is 1. The molecule has 1 aromatic carbocycles. The number of oxazole rings is 1. The summed E-state index contributed by atoms with van der Waals surface area (Å²) in [5.41, 5.74) is 1.09. The highest BCUT2D eigenvalue weighted by atomic mass is 16.5.